The van der Waals surface area contributed by atoms with E-state index in [9.17, 15) is 4.79 Å². The maximum Gasteiger partial charge on any atom is 0.323 e. The second-order valence-corrected chi connectivity index (χ2v) is 4.36. The van der Waals surface area contributed by atoms with Crippen LogP contribution in [0.3, 0.4) is 0 Å². The number of hydrogen-bond donors (Lipinski definition) is 2. The second-order valence-electron chi connectivity index (χ2n) is 4.36. The van der Waals surface area contributed by atoms with Crippen molar-refractivity contribution in [3.05, 3.63) is 47.3 Å². The van der Waals surface area contributed by atoms with Gasteiger partial charge in [0.25, 0.3) is 5.89 Å². The zero-order chi connectivity index (χ0) is 14.2. The molecule has 0 amide bonds. The van der Waals surface area contributed by atoms with Crippen molar-refractivity contribution < 1.29 is 4.52 Å². The summed E-state index contributed by atoms with van der Waals surface area (Å²) in [5.41, 5.74) is 2.45. The molecule has 0 fully saturated rings. The molecule has 8 nitrogen and oxygen atoms in total. The van der Waals surface area contributed by atoms with Crippen LogP contribution in [0.4, 0.5) is 0 Å². The Morgan fingerprint density at radius 2 is 2.00 bits per heavy atom. The van der Waals surface area contributed by atoms with Gasteiger partial charge >= 0.3 is 5.69 Å². The second kappa shape index (κ2) is 4.37. The predicted molar refractivity (Wildman–Crippen MR) is 73.2 cm³/mol. The number of imidazole rings is 1. The largest absolute Gasteiger partial charge is 0.332 e. The SMILES string of the molecule is O=c1[nH]c2ccc(-c3noc(-c4ccncn4)n3)cc2[nH]1. The normalized spacial score (nSPS) is 11.0. The van der Waals surface area contributed by atoms with Crippen molar-refractivity contribution in [2.75, 3.05) is 0 Å². The third-order valence-electron chi connectivity index (χ3n) is 3.00. The molecule has 1 aromatic carbocycles. The Labute approximate surface area is 116 Å². The number of aromatic amines is 2. The molecule has 0 spiro atoms. The van der Waals surface area contributed by atoms with Crippen LogP contribution >= 0.6 is 0 Å². The number of nitrogens with one attached hydrogen (secondary N) is 2. The molecule has 0 bridgehead atoms. The summed E-state index contributed by atoms with van der Waals surface area (Å²) in [4.78, 5) is 28.8. The molecular formula is C13H8N6O2. The third-order valence-corrected chi connectivity index (χ3v) is 3.00. The van der Waals surface area contributed by atoms with Gasteiger partial charge in [0, 0.05) is 11.8 Å². The van der Waals surface area contributed by atoms with Gasteiger partial charge < -0.3 is 14.5 Å². The molecule has 0 saturated carbocycles. The highest BCUT2D eigenvalue weighted by molar-refractivity contribution is 5.80. The van der Waals surface area contributed by atoms with Crippen molar-refractivity contribution in [1.82, 2.24) is 30.1 Å². The average Bonchev–Trinajstić information content (AvgIpc) is 3.12. The topological polar surface area (TPSA) is 113 Å². The standard InChI is InChI=1S/C13H8N6O2/c20-13-16-8-2-1-7(5-10(8)17-13)11-18-12(21-19-11)9-3-4-14-6-15-9/h1-6H,(H2,16,17,20). The fourth-order valence-corrected chi connectivity index (χ4v) is 2.03. The summed E-state index contributed by atoms with van der Waals surface area (Å²) >= 11 is 0. The van der Waals surface area contributed by atoms with Crippen LogP contribution in [0.25, 0.3) is 34.0 Å². The quantitative estimate of drug-likeness (QED) is 0.573. The van der Waals surface area contributed by atoms with Gasteiger partial charge in [-0.3, -0.25) is 0 Å². The number of fused-ring (bicyclic) bond motifs is 1. The summed E-state index contributed by atoms with van der Waals surface area (Å²) in [6.07, 6.45) is 3.01. The molecule has 0 aliphatic heterocycles. The molecule has 4 rings (SSSR count). The summed E-state index contributed by atoms with van der Waals surface area (Å²) in [5, 5.41) is 3.93. The highest BCUT2D eigenvalue weighted by atomic mass is 16.5. The van der Waals surface area contributed by atoms with E-state index in [1.54, 1.807) is 30.5 Å². The molecule has 3 heterocycles. The van der Waals surface area contributed by atoms with Crippen molar-refractivity contribution in [2.24, 2.45) is 0 Å². The van der Waals surface area contributed by atoms with E-state index < -0.39 is 0 Å². The van der Waals surface area contributed by atoms with Crippen molar-refractivity contribution >= 4 is 11.0 Å². The van der Waals surface area contributed by atoms with Crippen LogP contribution in [-0.2, 0) is 0 Å². The Morgan fingerprint density at radius 1 is 1.10 bits per heavy atom. The highest BCUT2D eigenvalue weighted by Gasteiger charge is 2.12. The number of benzene rings is 1. The van der Waals surface area contributed by atoms with Gasteiger partial charge in [-0.2, -0.15) is 4.98 Å². The van der Waals surface area contributed by atoms with E-state index in [2.05, 4.69) is 30.1 Å². The van der Waals surface area contributed by atoms with Crippen LogP contribution in [0.5, 0.6) is 0 Å². The first-order valence-corrected chi connectivity index (χ1v) is 6.12. The summed E-state index contributed by atoms with van der Waals surface area (Å²) < 4.78 is 5.19. The Kier molecular flexibility index (Phi) is 2.40. The molecule has 2 N–H and O–H groups in total. The fourth-order valence-electron chi connectivity index (χ4n) is 2.03. The lowest BCUT2D eigenvalue weighted by Gasteiger charge is -1.94. The van der Waals surface area contributed by atoms with E-state index in [-0.39, 0.29) is 5.69 Å². The van der Waals surface area contributed by atoms with Crippen LogP contribution in [-0.4, -0.2) is 30.1 Å². The molecule has 0 saturated heterocycles. The molecule has 8 heteroatoms. The maximum atomic E-state index is 11.3. The van der Waals surface area contributed by atoms with Crippen LogP contribution in [0.15, 0.2) is 46.1 Å². The van der Waals surface area contributed by atoms with E-state index in [4.69, 9.17) is 4.52 Å². The molecule has 3 aromatic heterocycles. The molecule has 0 radical (unpaired) electrons. The number of hydrogen-bond acceptors (Lipinski definition) is 6. The first-order valence-electron chi connectivity index (χ1n) is 6.12. The monoisotopic (exact) mass is 280 g/mol. The van der Waals surface area contributed by atoms with E-state index in [0.717, 1.165) is 11.1 Å². The van der Waals surface area contributed by atoms with Gasteiger partial charge in [0.2, 0.25) is 5.82 Å². The van der Waals surface area contributed by atoms with E-state index >= 15 is 0 Å². The number of rotatable bonds is 2. The zero-order valence-electron chi connectivity index (χ0n) is 10.6. The van der Waals surface area contributed by atoms with Crippen LogP contribution in [0, 0.1) is 0 Å². The maximum absolute atomic E-state index is 11.3. The van der Waals surface area contributed by atoms with Crippen molar-refractivity contribution in [2.45, 2.75) is 0 Å². The number of H-pyrrole nitrogens is 2. The molecular weight excluding hydrogens is 272 g/mol. The minimum atomic E-state index is -0.253. The first-order chi connectivity index (χ1) is 10.3. The third kappa shape index (κ3) is 1.98. The van der Waals surface area contributed by atoms with Crippen LogP contribution in [0.1, 0.15) is 0 Å². The highest BCUT2D eigenvalue weighted by Crippen LogP contribution is 2.22. The molecule has 21 heavy (non-hydrogen) atoms. The molecule has 0 unspecified atom stereocenters. The van der Waals surface area contributed by atoms with Gasteiger partial charge in [0.15, 0.2) is 0 Å². The van der Waals surface area contributed by atoms with E-state index in [0.29, 0.717) is 22.9 Å². The van der Waals surface area contributed by atoms with E-state index in [1.807, 2.05) is 0 Å². The summed E-state index contributed by atoms with van der Waals surface area (Å²) in [6.45, 7) is 0. The van der Waals surface area contributed by atoms with Crippen LogP contribution < -0.4 is 5.69 Å². The summed E-state index contributed by atoms with van der Waals surface area (Å²) in [7, 11) is 0. The van der Waals surface area contributed by atoms with Crippen molar-refractivity contribution in [3.8, 4) is 23.0 Å². The Morgan fingerprint density at radius 3 is 2.86 bits per heavy atom. The van der Waals surface area contributed by atoms with Gasteiger partial charge in [0.1, 0.15) is 12.0 Å². The molecule has 0 aliphatic rings. The minimum Gasteiger partial charge on any atom is -0.332 e. The average molecular weight is 280 g/mol. The summed E-state index contributed by atoms with van der Waals surface area (Å²) in [6, 6.07) is 7.05. The Balaban J connectivity index is 1.78. The number of nitrogens with zero attached hydrogens (tertiary/aromatic N) is 4. The van der Waals surface area contributed by atoms with Crippen molar-refractivity contribution in [3.63, 3.8) is 0 Å². The predicted octanol–water partition coefficient (Wildman–Crippen LogP) is 1.36. The number of aromatic nitrogens is 6. The smallest absolute Gasteiger partial charge is 0.323 e. The van der Waals surface area contributed by atoms with Gasteiger partial charge in [-0.15, -0.1) is 0 Å². The Hall–Kier alpha value is -3.29. The molecule has 0 atom stereocenters. The van der Waals surface area contributed by atoms with Gasteiger partial charge in [-0.1, -0.05) is 5.16 Å². The molecule has 4 aromatic rings. The van der Waals surface area contributed by atoms with Gasteiger partial charge in [-0.25, -0.2) is 14.8 Å². The minimum absolute atomic E-state index is 0.253. The van der Waals surface area contributed by atoms with E-state index in [1.165, 1.54) is 6.33 Å². The fraction of sp³-hybridized carbons (Fsp3) is 0. The first kappa shape index (κ1) is 11.5. The summed E-state index contributed by atoms with van der Waals surface area (Å²) in [5.74, 6) is 0.739. The van der Waals surface area contributed by atoms with Crippen LogP contribution in [0.2, 0.25) is 0 Å². The van der Waals surface area contributed by atoms with Gasteiger partial charge in [0.05, 0.1) is 11.0 Å². The van der Waals surface area contributed by atoms with Crippen molar-refractivity contribution in [1.29, 1.82) is 0 Å². The Bertz CT molecular complexity index is 969. The lowest BCUT2D eigenvalue weighted by Crippen LogP contribution is -1.99. The zero-order valence-corrected chi connectivity index (χ0v) is 10.6. The molecule has 102 valence electrons. The lowest BCUT2D eigenvalue weighted by molar-refractivity contribution is 0.431. The van der Waals surface area contributed by atoms with Gasteiger partial charge in [-0.05, 0) is 24.3 Å². The molecule has 0 aliphatic carbocycles. The lowest BCUT2D eigenvalue weighted by atomic mass is 10.2.